The smallest absolute Gasteiger partial charge is 0.338 e. The molecule has 1 fully saturated rings. The standard InChI is InChI=1S/C22H30O3/c1-15(2)22(24)13-12-21(4)11-10-16(3)14-18(19(21)22)25-20(23)17-8-6-5-7-9-17/h5-10,15,18-19,24H,11-14H2,1-4H3/t18?,19?,21-,22-/m0/s1. The number of esters is 1. The summed E-state index contributed by atoms with van der Waals surface area (Å²) in [5.41, 5.74) is 1.00. The molecule has 3 nitrogen and oxygen atoms in total. The zero-order valence-corrected chi connectivity index (χ0v) is 15.8. The molecular formula is C22H30O3. The third kappa shape index (κ3) is 3.27. The Labute approximate surface area is 151 Å². The summed E-state index contributed by atoms with van der Waals surface area (Å²) in [5, 5.41) is 11.5. The highest BCUT2D eigenvalue weighted by molar-refractivity contribution is 5.89. The molecule has 0 aliphatic heterocycles. The van der Waals surface area contributed by atoms with Crippen LogP contribution in [0.1, 0.15) is 63.7 Å². The van der Waals surface area contributed by atoms with Crippen LogP contribution in [0, 0.1) is 17.3 Å². The van der Waals surface area contributed by atoms with E-state index in [1.807, 2.05) is 18.2 Å². The zero-order valence-electron chi connectivity index (χ0n) is 15.8. The molecule has 3 rings (SSSR count). The highest BCUT2D eigenvalue weighted by Crippen LogP contribution is 2.58. The molecule has 0 spiro atoms. The Bertz CT molecular complexity index is 663. The van der Waals surface area contributed by atoms with Gasteiger partial charge in [-0.25, -0.2) is 4.79 Å². The van der Waals surface area contributed by atoms with E-state index in [9.17, 15) is 9.90 Å². The largest absolute Gasteiger partial charge is 0.458 e. The Morgan fingerprint density at radius 1 is 1.24 bits per heavy atom. The minimum Gasteiger partial charge on any atom is -0.458 e. The van der Waals surface area contributed by atoms with Crippen molar-refractivity contribution < 1.29 is 14.6 Å². The average Bonchev–Trinajstić information content (AvgIpc) is 2.79. The molecule has 0 bridgehead atoms. The van der Waals surface area contributed by atoms with E-state index >= 15 is 0 Å². The van der Waals surface area contributed by atoms with Gasteiger partial charge in [0.1, 0.15) is 6.10 Å². The summed E-state index contributed by atoms with van der Waals surface area (Å²) < 4.78 is 6.01. The number of hydrogen-bond acceptors (Lipinski definition) is 3. The Morgan fingerprint density at radius 2 is 1.92 bits per heavy atom. The summed E-state index contributed by atoms with van der Waals surface area (Å²) in [6, 6.07) is 9.15. The van der Waals surface area contributed by atoms with Gasteiger partial charge in [-0.05, 0) is 49.7 Å². The van der Waals surface area contributed by atoms with Crippen molar-refractivity contribution in [2.24, 2.45) is 17.3 Å². The first-order valence-corrected chi connectivity index (χ1v) is 9.40. The van der Waals surface area contributed by atoms with Gasteiger partial charge in [-0.3, -0.25) is 0 Å². The maximum Gasteiger partial charge on any atom is 0.338 e. The second kappa shape index (κ2) is 6.60. The van der Waals surface area contributed by atoms with Crippen LogP contribution >= 0.6 is 0 Å². The molecule has 0 amide bonds. The van der Waals surface area contributed by atoms with Gasteiger partial charge in [-0.15, -0.1) is 0 Å². The quantitative estimate of drug-likeness (QED) is 0.636. The molecule has 2 aliphatic rings. The molecular weight excluding hydrogens is 312 g/mol. The number of hydrogen-bond donors (Lipinski definition) is 1. The summed E-state index contributed by atoms with van der Waals surface area (Å²) in [7, 11) is 0. The van der Waals surface area contributed by atoms with Gasteiger partial charge >= 0.3 is 5.97 Å². The van der Waals surface area contributed by atoms with Crippen LogP contribution in [0.4, 0.5) is 0 Å². The Balaban J connectivity index is 1.94. The average molecular weight is 342 g/mol. The van der Waals surface area contributed by atoms with Crippen molar-refractivity contribution in [3.05, 3.63) is 47.5 Å². The fraction of sp³-hybridized carbons (Fsp3) is 0.591. The summed E-state index contributed by atoms with van der Waals surface area (Å²) in [4.78, 5) is 12.7. The molecule has 0 radical (unpaired) electrons. The van der Waals surface area contributed by atoms with E-state index in [2.05, 4.69) is 33.8 Å². The van der Waals surface area contributed by atoms with E-state index in [-0.39, 0.29) is 29.3 Å². The second-order valence-corrected chi connectivity index (χ2v) is 8.55. The molecule has 2 unspecified atom stereocenters. The van der Waals surface area contributed by atoms with Crippen molar-refractivity contribution in [3.8, 4) is 0 Å². The number of rotatable bonds is 3. The van der Waals surface area contributed by atoms with Crippen LogP contribution in [-0.4, -0.2) is 22.8 Å². The topological polar surface area (TPSA) is 46.5 Å². The second-order valence-electron chi connectivity index (χ2n) is 8.55. The fourth-order valence-corrected chi connectivity index (χ4v) is 4.86. The minimum absolute atomic E-state index is 0.0294. The molecule has 25 heavy (non-hydrogen) atoms. The predicted molar refractivity (Wildman–Crippen MR) is 99.3 cm³/mol. The number of fused-ring (bicyclic) bond motifs is 1. The first kappa shape index (κ1) is 18.2. The highest BCUT2D eigenvalue weighted by Gasteiger charge is 2.59. The van der Waals surface area contributed by atoms with Crippen LogP contribution in [0.2, 0.25) is 0 Å². The van der Waals surface area contributed by atoms with Crippen LogP contribution in [-0.2, 0) is 4.74 Å². The summed E-state index contributed by atoms with van der Waals surface area (Å²) in [5.74, 6) is -0.197. The van der Waals surface area contributed by atoms with Crippen molar-refractivity contribution in [2.45, 2.75) is 65.1 Å². The van der Waals surface area contributed by atoms with Gasteiger partial charge in [-0.2, -0.15) is 0 Å². The zero-order chi connectivity index (χ0) is 18.2. The van der Waals surface area contributed by atoms with Gasteiger partial charge in [0.2, 0.25) is 0 Å². The maximum absolute atomic E-state index is 12.7. The van der Waals surface area contributed by atoms with Crippen molar-refractivity contribution in [1.29, 1.82) is 0 Å². The molecule has 4 atom stereocenters. The van der Waals surface area contributed by atoms with Crippen molar-refractivity contribution in [2.75, 3.05) is 0 Å². The fourth-order valence-electron chi connectivity index (χ4n) is 4.86. The maximum atomic E-state index is 12.7. The lowest BCUT2D eigenvalue weighted by Crippen LogP contribution is -2.50. The van der Waals surface area contributed by atoms with Crippen LogP contribution in [0.25, 0.3) is 0 Å². The van der Waals surface area contributed by atoms with E-state index in [1.54, 1.807) is 12.1 Å². The number of benzene rings is 1. The number of carbonyl (C=O) groups is 1. The monoisotopic (exact) mass is 342 g/mol. The lowest BCUT2D eigenvalue weighted by molar-refractivity contribution is -0.112. The Morgan fingerprint density at radius 3 is 2.56 bits per heavy atom. The number of carbonyl (C=O) groups excluding carboxylic acids is 1. The first-order chi connectivity index (χ1) is 11.8. The normalized spacial score (nSPS) is 35.0. The summed E-state index contributed by atoms with van der Waals surface area (Å²) in [6.07, 6.45) is 5.38. The Hall–Kier alpha value is -1.61. The Kier molecular flexibility index (Phi) is 4.80. The van der Waals surface area contributed by atoms with Gasteiger partial charge in [0, 0.05) is 12.3 Å². The minimum atomic E-state index is -0.783. The van der Waals surface area contributed by atoms with Crippen molar-refractivity contribution >= 4 is 5.97 Å². The molecule has 1 saturated carbocycles. The molecule has 1 aromatic carbocycles. The van der Waals surface area contributed by atoms with Gasteiger partial charge in [0.05, 0.1) is 11.2 Å². The van der Waals surface area contributed by atoms with Gasteiger partial charge in [0.25, 0.3) is 0 Å². The number of aliphatic hydroxyl groups is 1. The van der Waals surface area contributed by atoms with Crippen molar-refractivity contribution in [3.63, 3.8) is 0 Å². The number of ether oxygens (including phenoxy) is 1. The lowest BCUT2D eigenvalue weighted by atomic mass is 9.67. The van der Waals surface area contributed by atoms with Crippen molar-refractivity contribution in [1.82, 2.24) is 0 Å². The van der Waals surface area contributed by atoms with Gasteiger partial charge in [0.15, 0.2) is 0 Å². The van der Waals surface area contributed by atoms with Gasteiger partial charge < -0.3 is 9.84 Å². The molecule has 1 aromatic rings. The predicted octanol–water partition coefficient (Wildman–Crippen LogP) is 4.76. The van der Waals surface area contributed by atoms with E-state index in [0.717, 1.165) is 19.3 Å². The third-order valence-electron chi connectivity index (χ3n) is 6.47. The molecule has 2 aliphatic carbocycles. The molecule has 3 heteroatoms. The number of allylic oxidation sites excluding steroid dienone is 1. The lowest BCUT2D eigenvalue weighted by Gasteiger charge is -2.43. The molecule has 136 valence electrons. The SMILES string of the molecule is CC1=CC[C@@]2(C)CC[C@](O)(C(C)C)C2C(OC(=O)c2ccccc2)C1. The van der Waals surface area contributed by atoms with E-state index in [0.29, 0.717) is 12.0 Å². The highest BCUT2D eigenvalue weighted by atomic mass is 16.5. The third-order valence-corrected chi connectivity index (χ3v) is 6.47. The molecule has 0 aromatic heterocycles. The van der Waals surface area contributed by atoms with E-state index < -0.39 is 5.60 Å². The van der Waals surface area contributed by atoms with Crippen LogP contribution in [0.3, 0.4) is 0 Å². The van der Waals surface area contributed by atoms with E-state index in [4.69, 9.17) is 4.74 Å². The van der Waals surface area contributed by atoms with Gasteiger partial charge in [-0.1, -0.05) is 50.6 Å². The summed E-state index contributed by atoms with van der Waals surface area (Å²) >= 11 is 0. The van der Waals surface area contributed by atoms with E-state index in [1.165, 1.54) is 5.57 Å². The van der Waals surface area contributed by atoms with Crippen LogP contribution in [0.15, 0.2) is 42.0 Å². The van der Waals surface area contributed by atoms with Crippen LogP contribution in [0.5, 0.6) is 0 Å². The molecule has 0 heterocycles. The molecule has 1 N–H and O–H groups in total. The molecule has 0 saturated heterocycles. The summed E-state index contributed by atoms with van der Waals surface area (Å²) in [6.45, 7) is 8.50. The first-order valence-electron chi connectivity index (χ1n) is 9.40. The van der Waals surface area contributed by atoms with Crippen LogP contribution < -0.4 is 0 Å².